The highest BCUT2D eigenvalue weighted by Gasteiger charge is 2.09. The van der Waals surface area contributed by atoms with Gasteiger partial charge in [0, 0.05) is 11.4 Å². The number of hydrogen-bond donors (Lipinski definition) is 1. The van der Waals surface area contributed by atoms with Gasteiger partial charge in [0.1, 0.15) is 5.88 Å². The molecule has 92 valence electrons. The monoisotopic (exact) mass is 269 g/mol. The molecule has 0 unspecified atom stereocenters. The molecular weight excluding hydrogens is 254 g/mol. The summed E-state index contributed by atoms with van der Waals surface area (Å²) in [6.45, 7) is 0.664. The van der Waals surface area contributed by atoms with E-state index >= 15 is 0 Å². The average Bonchev–Trinajstić information content (AvgIpc) is 2.38. The van der Waals surface area contributed by atoms with Crippen molar-refractivity contribution in [3.63, 3.8) is 0 Å². The molecule has 0 radical (unpaired) electrons. The molecular formula is C13H16ClNOS. The molecule has 4 heteroatoms. The van der Waals surface area contributed by atoms with Crippen molar-refractivity contribution in [2.24, 2.45) is 0 Å². The highest BCUT2D eigenvalue weighted by Crippen LogP contribution is 2.30. The van der Waals surface area contributed by atoms with Crippen LogP contribution in [0.1, 0.15) is 17.5 Å². The van der Waals surface area contributed by atoms with Crippen LogP contribution in [0, 0.1) is 0 Å². The number of alkyl halides is 1. The third kappa shape index (κ3) is 3.65. The molecule has 0 bridgehead atoms. The second-order valence-corrected chi connectivity index (χ2v) is 5.53. The zero-order valence-electron chi connectivity index (χ0n) is 9.67. The SMILES string of the molecule is O=C(CCl)NCCc1ccc2c(c1)CCCS2. The molecule has 1 aliphatic rings. The zero-order valence-corrected chi connectivity index (χ0v) is 11.2. The summed E-state index contributed by atoms with van der Waals surface area (Å²) in [6.07, 6.45) is 3.33. The minimum Gasteiger partial charge on any atom is -0.355 e. The number of benzene rings is 1. The van der Waals surface area contributed by atoms with Crippen LogP contribution in [0.5, 0.6) is 0 Å². The maximum Gasteiger partial charge on any atom is 0.234 e. The average molecular weight is 270 g/mol. The predicted octanol–water partition coefficient (Wildman–Crippen LogP) is 2.62. The molecule has 1 heterocycles. The number of halogens is 1. The van der Waals surface area contributed by atoms with Gasteiger partial charge in [-0.15, -0.1) is 23.4 Å². The maximum absolute atomic E-state index is 11.0. The molecule has 0 aliphatic carbocycles. The van der Waals surface area contributed by atoms with Gasteiger partial charge in [0.25, 0.3) is 0 Å². The van der Waals surface area contributed by atoms with E-state index in [4.69, 9.17) is 11.6 Å². The van der Waals surface area contributed by atoms with Crippen molar-refractivity contribution in [3.05, 3.63) is 29.3 Å². The van der Waals surface area contributed by atoms with Gasteiger partial charge in [-0.05, 0) is 42.2 Å². The van der Waals surface area contributed by atoms with E-state index in [2.05, 4.69) is 23.5 Å². The summed E-state index contributed by atoms with van der Waals surface area (Å²) in [7, 11) is 0. The van der Waals surface area contributed by atoms with E-state index in [1.807, 2.05) is 11.8 Å². The fourth-order valence-electron chi connectivity index (χ4n) is 1.96. The number of thioether (sulfide) groups is 1. The van der Waals surface area contributed by atoms with Crippen molar-refractivity contribution in [1.82, 2.24) is 5.32 Å². The fraction of sp³-hybridized carbons (Fsp3) is 0.462. The van der Waals surface area contributed by atoms with Crippen LogP contribution in [0.2, 0.25) is 0 Å². The molecule has 1 N–H and O–H groups in total. The van der Waals surface area contributed by atoms with Crippen LogP contribution in [0.15, 0.2) is 23.1 Å². The van der Waals surface area contributed by atoms with E-state index in [-0.39, 0.29) is 11.8 Å². The largest absolute Gasteiger partial charge is 0.355 e. The van der Waals surface area contributed by atoms with Crippen molar-refractivity contribution in [1.29, 1.82) is 0 Å². The number of carbonyl (C=O) groups is 1. The van der Waals surface area contributed by atoms with Gasteiger partial charge in [-0.2, -0.15) is 0 Å². The first-order valence-corrected chi connectivity index (χ1v) is 7.39. The van der Waals surface area contributed by atoms with Crippen LogP contribution >= 0.6 is 23.4 Å². The molecule has 0 saturated carbocycles. The first-order valence-electron chi connectivity index (χ1n) is 5.87. The van der Waals surface area contributed by atoms with Crippen LogP contribution in [-0.4, -0.2) is 24.1 Å². The van der Waals surface area contributed by atoms with E-state index in [0.29, 0.717) is 6.54 Å². The number of fused-ring (bicyclic) bond motifs is 1. The molecule has 2 nitrogen and oxygen atoms in total. The Balaban J connectivity index is 1.91. The highest BCUT2D eigenvalue weighted by molar-refractivity contribution is 7.99. The summed E-state index contributed by atoms with van der Waals surface area (Å²) in [5, 5.41) is 2.78. The lowest BCUT2D eigenvalue weighted by Gasteiger charge is -2.16. The standard InChI is InChI=1S/C13H16ClNOS/c14-9-13(16)15-6-5-10-3-4-12-11(8-10)2-1-7-17-12/h3-4,8H,1-2,5-7,9H2,(H,15,16). The number of carbonyl (C=O) groups excluding carboxylic acids is 1. The Labute approximate surface area is 111 Å². The van der Waals surface area contributed by atoms with Gasteiger partial charge in [-0.1, -0.05) is 12.1 Å². The molecule has 1 aromatic rings. The summed E-state index contributed by atoms with van der Waals surface area (Å²) in [5.41, 5.74) is 2.75. The van der Waals surface area contributed by atoms with Crippen molar-refractivity contribution in [2.45, 2.75) is 24.2 Å². The van der Waals surface area contributed by atoms with Gasteiger partial charge >= 0.3 is 0 Å². The lowest BCUT2D eigenvalue weighted by Crippen LogP contribution is -2.26. The number of amides is 1. The minimum atomic E-state index is -0.0971. The summed E-state index contributed by atoms with van der Waals surface area (Å²) in [6, 6.07) is 6.64. The number of hydrogen-bond acceptors (Lipinski definition) is 2. The number of nitrogens with one attached hydrogen (secondary N) is 1. The van der Waals surface area contributed by atoms with Crippen molar-refractivity contribution in [3.8, 4) is 0 Å². The van der Waals surface area contributed by atoms with Crippen molar-refractivity contribution >= 4 is 29.3 Å². The molecule has 1 aromatic carbocycles. The predicted molar refractivity (Wildman–Crippen MR) is 72.9 cm³/mol. The van der Waals surface area contributed by atoms with Gasteiger partial charge in [0.2, 0.25) is 5.91 Å². The number of aryl methyl sites for hydroxylation is 1. The third-order valence-electron chi connectivity index (χ3n) is 2.83. The van der Waals surface area contributed by atoms with Crippen LogP contribution in [0.25, 0.3) is 0 Å². The molecule has 1 aliphatic heterocycles. The molecule has 0 spiro atoms. The second kappa shape index (κ2) is 6.31. The lowest BCUT2D eigenvalue weighted by atomic mass is 10.0. The first-order chi connectivity index (χ1) is 8.29. The van der Waals surface area contributed by atoms with E-state index < -0.39 is 0 Å². The molecule has 0 fully saturated rings. The Morgan fingerprint density at radius 2 is 2.35 bits per heavy atom. The fourth-order valence-corrected chi connectivity index (χ4v) is 3.08. The molecule has 0 saturated heterocycles. The summed E-state index contributed by atoms with van der Waals surface area (Å²) in [4.78, 5) is 12.4. The van der Waals surface area contributed by atoms with Crippen molar-refractivity contribution < 1.29 is 4.79 Å². The van der Waals surface area contributed by atoms with E-state index in [1.165, 1.54) is 34.6 Å². The molecule has 0 aromatic heterocycles. The minimum absolute atomic E-state index is 0.0425. The Hall–Kier alpha value is -0.670. The maximum atomic E-state index is 11.0. The normalized spacial score (nSPS) is 14.2. The lowest BCUT2D eigenvalue weighted by molar-refractivity contribution is -0.118. The third-order valence-corrected chi connectivity index (χ3v) is 4.27. The van der Waals surface area contributed by atoms with Crippen LogP contribution in [0.3, 0.4) is 0 Å². The Bertz CT molecular complexity index is 408. The number of rotatable bonds is 4. The quantitative estimate of drug-likeness (QED) is 0.852. The van der Waals surface area contributed by atoms with Gasteiger partial charge in [0.15, 0.2) is 0 Å². The smallest absolute Gasteiger partial charge is 0.234 e. The van der Waals surface area contributed by atoms with Gasteiger partial charge in [0.05, 0.1) is 0 Å². The Morgan fingerprint density at radius 1 is 1.47 bits per heavy atom. The molecule has 1 amide bonds. The van der Waals surface area contributed by atoms with Crippen LogP contribution < -0.4 is 5.32 Å². The zero-order chi connectivity index (χ0) is 12.1. The van der Waals surface area contributed by atoms with Gasteiger partial charge in [-0.25, -0.2) is 0 Å². The van der Waals surface area contributed by atoms with E-state index in [9.17, 15) is 4.79 Å². The summed E-state index contributed by atoms with van der Waals surface area (Å²) in [5.74, 6) is 1.18. The molecule has 17 heavy (non-hydrogen) atoms. The first kappa shape index (κ1) is 12.8. The van der Waals surface area contributed by atoms with Crippen LogP contribution in [0.4, 0.5) is 0 Å². The van der Waals surface area contributed by atoms with Crippen LogP contribution in [-0.2, 0) is 17.6 Å². The topological polar surface area (TPSA) is 29.1 Å². The van der Waals surface area contributed by atoms with Gasteiger partial charge < -0.3 is 5.32 Å². The second-order valence-electron chi connectivity index (χ2n) is 4.13. The molecule has 0 atom stereocenters. The Morgan fingerprint density at radius 3 is 3.18 bits per heavy atom. The van der Waals surface area contributed by atoms with Gasteiger partial charge in [-0.3, -0.25) is 4.79 Å². The summed E-state index contributed by atoms with van der Waals surface area (Å²) < 4.78 is 0. The van der Waals surface area contributed by atoms with Crippen molar-refractivity contribution in [2.75, 3.05) is 18.2 Å². The Kier molecular flexibility index (Phi) is 4.75. The highest BCUT2D eigenvalue weighted by atomic mass is 35.5. The summed E-state index contributed by atoms with van der Waals surface area (Å²) >= 11 is 7.36. The molecule has 2 rings (SSSR count). The van der Waals surface area contributed by atoms with E-state index in [1.54, 1.807) is 0 Å². The van der Waals surface area contributed by atoms with E-state index in [0.717, 1.165) is 6.42 Å².